The predicted octanol–water partition coefficient (Wildman–Crippen LogP) is 2.61. The van der Waals surface area contributed by atoms with Crippen LogP contribution in [0.1, 0.15) is 26.7 Å². The molecule has 0 nitrogen and oxygen atoms in total. The van der Waals surface area contributed by atoms with Gasteiger partial charge in [-0.2, -0.15) is 0 Å². The Labute approximate surface area is 51.6 Å². The van der Waals surface area contributed by atoms with E-state index in [0.29, 0.717) is 5.41 Å². The molecule has 0 aromatic heterocycles. The highest BCUT2D eigenvalue weighted by molar-refractivity contribution is 5.01. The van der Waals surface area contributed by atoms with E-state index < -0.39 is 0 Å². The van der Waals surface area contributed by atoms with Gasteiger partial charge >= 0.3 is 0 Å². The molecule has 0 radical (unpaired) electrons. The van der Waals surface area contributed by atoms with E-state index in [0.717, 1.165) is 5.92 Å². The molecule has 0 heterocycles. The fourth-order valence-corrected chi connectivity index (χ4v) is 1.19. The Morgan fingerprint density at radius 3 is 2.38 bits per heavy atom. The normalized spacial score (nSPS) is 45.5. The summed E-state index contributed by atoms with van der Waals surface area (Å²) in [6, 6.07) is 0. The second-order valence-electron chi connectivity index (χ2n) is 3.15. The Bertz CT molecular complexity index is 105. The van der Waals surface area contributed by atoms with Gasteiger partial charge in [0.2, 0.25) is 0 Å². The van der Waals surface area contributed by atoms with Crippen LogP contribution >= 0.6 is 0 Å². The molecule has 0 saturated heterocycles. The van der Waals surface area contributed by atoms with E-state index in [1.807, 2.05) is 0 Å². The van der Waals surface area contributed by atoms with Gasteiger partial charge in [-0.25, -0.2) is 0 Å². The van der Waals surface area contributed by atoms with Gasteiger partial charge in [0.1, 0.15) is 0 Å². The molecule has 1 aliphatic rings. The van der Waals surface area contributed by atoms with Crippen LogP contribution in [0.4, 0.5) is 0 Å². The highest BCUT2D eigenvalue weighted by atomic mass is 14.4. The zero-order valence-electron chi connectivity index (χ0n) is 5.78. The average molecular weight is 110 g/mol. The first-order chi connectivity index (χ1) is 3.69. The van der Waals surface area contributed by atoms with Crippen molar-refractivity contribution in [1.29, 1.82) is 0 Å². The summed E-state index contributed by atoms with van der Waals surface area (Å²) in [6.45, 7) is 8.39. The molecular formula is C8H14. The molecule has 1 aliphatic carbocycles. The molecule has 0 bridgehead atoms. The maximum Gasteiger partial charge on any atom is -0.0123 e. The van der Waals surface area contributed by atoms with Gasteiger partial charge in [0.15, 0.2) is 0 Å². The van der Waals surface area contributed by atoms with Crippen LogP contribution in [-0.4, -0.2) is 0 Å². The van der Waals surface area contributed by atoms with Crippen LogP contribution < -0.4 is 0 Å². The van der Waals surface area contributed by atoms with E-state index in [1.54, 1.807) is 0 Å². The van der Waals surface area contributed by atoms with Gasteiger partial charge in [0.05, 0.1) is 0 Å². The van der Waals surface area contributed by atoms with Crippen molar-refractivity contribution in [1.82, 2.24) is 0 Å². The van der Waals surface area contributed by atoms with Crippen molar-refractivity contribution in [2.24, 2.45) is 11.3 Å². The molecule has 8 heavy (non-hydrogen) atoms. The van der Waals surface area contributed by atoms with Crippen molar-refractivity contribution < 1.29 is 0 Å². The molecule has 0 N–H and O–H groups in total. The molecule has 1 fully saturated rings. The third kappa shape index (κ3) is 0.594. The van der Waals surface area contributed by atoms with Gasteiger partial charge in [0, 0.05) is 0 Å². The van der Waals surface area contributed by atoms with Crippen molar-refractivity contribution >= 4 is 0 Å². The molecule has 46 valence electrons. The van der Waals surface area contributed by atoms with Crippen molar-refractivity contribution in [3.8, 4) is 0 Å². The van der Waals surface area contributed by atoms with Crippen LogP contribution in [0.3, 0.4) is 0 Å². The quantitative estimate of drug-likeness (QED) is 0.455. The lowest BCUT2D eigenvalue weighted by molar-refractivity contribution is 0.125. The highest BCUT2D eigenvalue weighted by Gasteiger charge is 2.36. The lowest BCUT2D eigenvalue weighted by Gasteiger charge is -2.42. The summed E-state index contributed by atoms with van der Waals surface area (Å²) >= 11 is 0. The maximum absolute atomic E-state index is 3.80. The zero-order valence-corrected chi connectivity index (χ0v) is 5.78. The monoisotopic (exact) mass is 110 g/mol. The second-order valence-corrected chi connectivity index (χ2v) is 3.15. The molecule has 2 atom stereocenters. The summed E-state index contributed by atoms with van der Waals surface area (Å²) in [5.41, 5.74) is 0.486. The summed E-state index contributed by atoms with van der Waals surface area (Å²) < 4.78 is 0. The lowest BCUT2D eigenvalue weighted by Crippen LogP contribution is -2.32. The van der Waals surface area contributed by atoms with Crippen LogP contribution in [0, 0.1) is 11.3 Å². The van der Waals surface area contributed by atoms with Crippen molar-refractivity contribution in [2.75, 3.05) is 0 Å². The summed E-state index contributed by atoms with van der Waals surface area (Å²) in [4.78, 5) is 0. The van der Waals surface area contributed by atoms with Gasteiger partial charge in [-0.05, 0) is 24.2 Å². The third-order valence-corrected chi connectivity index (χ3v) is 2.71. The Hall–Kier alpha value is -0.260. The van der Waals surface area contributed by atoms with Gasteiger partial charge in [-0.3, -0.25) is 0 Å². The number of rotatable bonds is 1. The predicted molar refractivity (Wildman–Crippen MR) is 36.7 cm³/mol. The number of hydrogen-bond donors (Lipinski definition) is 0. The van der Waals surface area contributed by atoms with Crippen molar-refractivity contribution in [3.63, 3.8) is 0 Å². The molecule has 0 aromatic rings. The largest absolute Gasteiger partial charge is 0.103 e. The van der Waals surface area contributed by atoms with Gasteiger partial charge in [0.25, 0.3) is 0 Å². The minimum absolute atomic E-state index is 0.486. The molecule has 0 aliphatic heterocycles. The molecule has 0 aromatic carbocycles. The van der Waals surface area contributed by atoms with Gasteiger partial charge < -0.3 is 0 Å². The van der Waals surface area contributed by atoms with E-state index in [1.165, 1.54) is 12.8 Å². The molecule has 0 heteroatoms. The Morgan fingerprint density at radius 1 is 1.75 bits per heavy atom. The first-order valence-electron chi connectivity index (χ1n) is 3.32. The Morgan fingerprint density at radius 2 is 2.38 bits per heavy atom. The number of hydrogen-bond acceptors (Lipinski definition) is 0. The fourth-order valence-electron chi connectivity index (χ4n) is 1.19. The van der Waals surface area contributed by atoms with E-state index in [-0.39, 0.29) is 0 Å². The summed E-state index contributed by atoms with van der Waals surface area (Å²) in [5.74, 6) is 0.875. The average Bonchev–Trinajstić information content (AvgIpc) is 1.83. The van der Waals surface area contributed by atoms with Crippen LogP contribution in [0.15, 0.2) is 12.7 Å². The summed E-state index contributed by atoms with van der Waals surface area (Å²) in [7, 11) is 0. The molecule has 1 rings (SSSR count). The minimum atomic E-state index is 0.486. The van der Waals surface area contributed by atoms with Gasteiger partial charge in [-0.15, -0.1) is 6.58 Å². The van der Waals surface area contributed by atoms with Crippen molar-refractivity contribution in [2.45, 2.75) is 26.7 Å². The molecule has 2 unspecified atom stereocenters. The Balaban J connectivity index is 2.54. The maximum atomic E-state index is 3.80. The standard InChI is InChI=1S/C8H14/c1-4-8(3)6-5-7(8)2/h4,7H,1,5-6H2,2-3H3. The van der Waals surface area contributed by atoms with E-state index in [4.69, 9.17) is 0 Å². The zero-order chi connectivity index (χ0) is 6.20. The second kappa shape index (κ2) is 1.61. The Kier molecular flexibility index (Phi) is 1.18. The molecule has 0 spiro atoms. The van der Waals surface area contributed by atoms with E-state index >= 15 is 0 Å². The lowest BCUT2D eigenvalue weighted by atomic mass is 9.62. The third-order valence-electron chi connectivity index (χ3n) is 2.71. The van der Waals surface area contributed by atoms with E-state index in [2.05, 4.69) is 26.5 Å². The first-order valence-corrected chi connectivity index (χ1v) is 3.32. The van der Waals surface area contributed by atoms with Gasteiger partial charge in [-0.1, -0.05) is 19.9 Å². The summed E-state index contributed by atoms with van der Waals surface area (Å²) in [5, 5.41) is 0. The van der Waals surface area contributed by atoms with Crippen molar-refractivity contribution in [3.05, 3.63) is 12.7 Å². The van der Waals surface area contributed by atoms with Crippen LogP contribution in [-0.2, 0) is 0 Å². The van der Waals surface area contributed by atoms with E-state index in [9.17, 15) is 0 Å². The highest BCUT2D eigenvalue weighted by Crippen LogP contribution is 2.46. The SMILES string of the molecule is C=CC1(C)CCC1C. The summed E-state index contributed by atoms with van der Waals surface area (Å²) in [6.07, 6.45) is 4.83. The van der Waals surface area contributed by atoms with Crippen LogP contribution in [0.25, 0.3) is 0 Å². The topological polar surface area (TPSA) is 0 Å². The molecule has 1 saturated carbocycles. The number of allylic oxidation sites excluding steroid dienone is 1. The first kappa shape index (κ1) is 5.87. The fraction of sp³-hybridized carbons (Fsp3) is 0.750. The smallest absolute Gasteiger partial charge is 0.0123 e. The van der Waals surface area contributed by atoms with Crippen LogP contribution in [0.2, 0.25) is 0 Å². The van der Waals surface area contributed by atoms with Crippen LogP contribution in [0.5, 0.6) is 0 Å². The molecule has 0 amide bonds. The minimum Gasteiger partial charge on any atom is -0.103 e. The molecular weight excluding hydrogens is 96.1 g/mol.